The molecule has 0 saturated carbocycles. The molecular weight excluding hydrogens is 354 g/mol. The molecule has 1 aromatic carbocycles. The molecule has 1 spiro atoms. The monoisotopic (exact) mass is 369 g/mol. The molecule has 1 atom stereocenters. The van der Waals surface area contributed by atoms with Gasteiger partial charge in [0.15, 0.2) is 0 Å². The molecule has 0 radical (unpaired) electrons. The fourth-order valence-electron chi connectivity index (χ4n) is 2.97. The topological polar surface area (TPSA) is 76.1 Å². The van der Waals surface area contributed by atoms with Crippen molar-refractivity contribution < 1.29 is 24.2 Å². The Balaban J connectivity index is 1.94. The summed E-state index contributed by atoms with van der Waals surface area (Å²) >= 11 is 3.27. The molecule has 118 valence electrons. The van der Waals surface area contributed by atoms with E-state index in [0.29, 0.717) is 43.0 Å². The zero-order valence-corrected chi connectivity index (χ0v) is 13.5. The van der Waals surface area contributed by atoms with Gasteiger partial charge < -0.3 is 19.5 Å². The zero-order chi connectivity index (χ0) is 15.7. The Morgan fingerprint density at radius 2 is 1.82 bits per heavy atom. The van der Waals surface area contributed by atoms with Crippen molar-refractivity contribution in [3.05, 3.63) is 33.8 Å². The Morgan fingerprint density at radius 3 is 2.50 bits per heavy atom. The van der Waals surface area contributed by atoms with Crippen LogP contribution in [0.4, 0.5) is 0 Å². The number of rotatable bonds is 2. The molecule has 6 nitrogen and oxygen atoms in total. The first-order valence-electron chi connectivity index (χ1n) is 7.03. The van der Waals surface area contributed by atoms with Gasteiger partial charge in [-0.15, -0.1) is 0 Å². The number of halogens is 1. The van der Waals surface area contributed by atoms with Gasteiger partial charge in [-0.3, -0.25) is 4.79 Å². The van der Waals surface area contributed by atoms with Crippen molar-refractivity contribution in [2.45, 2.75) is 12.0 Å². The quantitative estimate of drug-likeness (QED) is 0.859. The Bertz CT molecular complexity index is 612. The highest BCUT2D eigenvalue weighted by atomic mass is 79.9. The second-order valence-electron chi connectivity index (χ2n) is 5.57. The van der Waals surface area contributed by atoms with Gasteiger partial charge in [0.1, 0.15) is 0 Å². The van der Waals surface area contributed by atoms with Gasteiger partial charge in [0, 0.05) is 23.2 Å². The van der Waals surface area contributed by atoms with E-state index in [9.17, 15) is 9.59 Å². The lowest BCUT2D eigenvalue weighted by Gasteiger charge is -2.43. The molecule has 2 heterocycles. The summed E-state index contributed by atoms with van der Waals surface area (Å²) in [6.45, 7) is 2.48. The fraction of sp³-hybridized carbons (Fsp3) is 0.467. The Labute approximate surface area is 136 Å². The lowest BCUT2D eigenvalue weighted by Crippen LogP contribution is -2.59. The zero-order valence-electron chi connectivity index (χ0n) is 11.9. The number of carboxylic acids is 1. The van der Waals surface area contributed by atoms with E-state index < -0.39 is 11.5 Å². The van der Waals surface area contributed by atoms with E-state index in [4.69, 9.17) is 14.6 Å². The van der Waals surface area contributed by atoms with E-state index in [1.54, 1.807) is 11.0 Å². The summed E-state index contributed by atoms with van der Waals surface area (Å²) in [5.74, 6) is -1.24. The van der Waals surface area contributed by atoms with Crippen molar-refractivity contribution >= 4 is 27.8 Å². The summed E-state index contributed by atoms with van der Waals surface area (Å²) in [6, 6.07) is 4.54. The highest BCUT2D eigenvalue weighted by molar-refractivity contribution is 9.10. The van der Waals surface area contributed by atoms with Crippen LogP contribution in [0.5, 0.6) is 0 Å². The standard InChI is InChI=1S/C15H16BrNO5/c16-12-6-10(5-11(7-12)14(19)20)13(18)17-2-4-22-9-15(17)1-3-21-8-15/h5-7H,1-4,8-9H2,(H,19,20). The number of carboxylic acid groups (broad SMARTS) is 1. The molecule has 2 aliphatic rings. The molecule has 0 bridgehead atoms. The van der Waals surface area contributed by atoms with Gasteiger partial charge in [0.2, 0.25) is 0 Å². The average Bonchev–Trinajstić information content (AvgIpc) is 2.95. The van der Waals surface area contributed by atoms with Crippen LogP contribution < -0.4 is 0 Å². The number of morpholine rings is 1. The van der Waals surface area contributed by atoms with Crippen LogP contribution in [-0.2, 0) is 9.47 Å². The lowest BCUT2D eigenvalue weighted by atomic mass is 9.94. The summed E-state index contributed by atoms with van der Waals surface area (Å²) in [7, 11) is 0. The van der Waals surface area contributed by atoms with Crippen LogP contribution in [0.1, 0.15) is 27.1 Å². The molecular formula is C15H16BrNO5. The number of aromatic carboxylic acids is 1. The fourth-order valence-corrected chi connectivity index (χ4v) is 3.46. The van der Waals surface area contributed by atoms with E-state index in [0.717, 1.165) is 6.42 Å². The molecule has 1 aromatic rings. The maximum atomic E-state index is 12.9. The third-order valence-corrected chi connectivity index (χ3v) is 4.58. The molecule has 2 fully saturated rings. The lowest BCUT2D eigenvalue weighted by molar-refractivity contribution is -0.0551. The number of carbonyl (C=O) groups excluding carboxylic acids is 1. The van der Waals surface area contributed by atoms with Crippen LogP contribution in [0.2, 0.25) is 0 Å². The second kappa shape index (κ2) is 5.98. The molecule has 2 saturated heterocycles. The third kappa shape index (κ3) is 2.76. The SMILES string of the molecule is O=C(O)c1cc(Br)cc(C(=O)N2CCOCC23CCOC3)c1. The van der Waals surface area contributed by atoms with Crippen molar-refractivity contribution in [2.75, 3.05) is 33.0 Å². The first-order valence-corrected chi connectivity index (χ1v) is 7.82. The third-order valence-electron chi connectivity index (χ3n) is 4.12. The number of nitrogens with zero attached hydrogens (tertiary/aromatic N) is 1. The Kier molecular flexibility index (Phi) is 4.20. The number of benzene rings is 1. The first kappa shape index (κ1) is 15.5. The highest BCUT2D eigenvalue weighted by Crippen LogP contribution is 2.31. The smallest absolute Gasteiger partial charge is 0.335 e. The Morgan fingerprint density at radius 1 is 1.14 bits per heavy atom. The molecule has 2 aliphatic heterocycles. The molecule has 7 heteroatoms. The molecule has 1 unspecified atom stereocenters. The molecule has 22 heavy (non-hydrogen) atoms. The minimum absolute atomic E-state index is 0.0858. The number of amides is 1. The van der Waals surface area contributed by atoms with Crippen LogP contribution in [0.25, 0.3) is 0 Å². The van der Waals surface area contributed by atoms with Gasteiger partial charge in [-0.25, -0.2) is 4.79 Å². The van der Waals surface area contributed by atoms with E-state index in [1.807, 2.05) is 0 Å². The number of carbonyl (C=O) groups is 2. The molecule has 0 aromatic heterocycles. The molecule has 1 amide bonds. The van der Waals surface area contributed by atoms with E-state index >= 15 is 0 Å². The van der Waals surface area contributed by atoms with E-state index in [2.05, 4.69) is 15.9 Å². The van der Waals surface area contributed by atoms with Crippen molar-refractivity contribution in [1.82, 2.24) is 4.90 Å². The van der Waals surface area contributed by atoms with Gasteiger partial charge in [-0.2, -0.15) is 0 Å². The van der Waals surface area contributed by atoms with Gasteiger partial charge in [-0.05, 0) is 24.6 Å². The number of ether oxygens (including phenoxy) is 2. The summed E-state index contributed by atoms with van der Waals surface area (Å²) in [5.41, 5.74) is 0.0174. The van der Waals surface area contributed by atoms with Crippen molar-refractivity contribution in [2.24, 2.45) is 0 Å². The van der Waals surface area contributed by atoms with Gasteiger partial charge in [0.25, 0.3) is 5.91 Å². The predicted molar refractivity (Wildman–Crippen MR) is 81.1 cm³/mol. The second-order valence-corrected chi connectivity index (χ2v) is 6.49. The Hall–Kier alpha value is -1.44. The maximum Gasteiger partial charge on any atom is 0.335 e. The van der Waals surface area contributed by atoms with Crippen LogP contribution in [0.3, 0.4) is 0 Å². The van der Waals surface area contributed by atoms with Crippen molar-refractivity contribution in [3.8, 4) is 0 Å². The van der Waals surface area contributed by atoms with Crippen molar-refractivity contribution in [1.29, 1.82) is 0 Å². The van der Waals surface area contributed by atoms with E-state index in [1.165, 1.54) is 12.1 Å². The first-order chi connectivity index (χ1) is 10.5. The van der Waals surface area contributed by atoms with Crippen LogP contribution in [0.15, 0.2) is 22.7 Å². The number of hydrogen-bond donors (Lipinski definition) is 1. The summed E-state index contributed by atoms with van der Waals surface area (Å²) < 4.78 is 11.6. The van der Waals surface area contributed by atoms with Crippen molar-refractivity contribution in [3.63, 3.8) is 0 Å². The highest BCUT2D eigenvalue weighted by Gasteiger charge is 2.45. The van der Waals surface area contributed by atoms with Crippen LogP contribution in [-0.4, -0.2) is 60.4 Å². The predicted octanol–water partition coefficient (Wildman–Crippen LogP) is 1.78. The average molecular weight is 370 g/mol. The largest absolute Gasteiger partial charge is 0.478 e. The molecule has 1 N–H and O–H groups in total. The van der Waals surface area contributed by atoms with Crippen LogP contribution in [0, 0.1) is 0 Å². The maximum absolute atomic E-state index is 12.9. The number of hydrogen-bond acceptors (Lipinski definition) is 4. The van der Waals surface area contributed by atoms with Gasteiger partial charge in [0.05, 0.1) is 30.9 Å². The van der Waals surface area contributed by atoms with Crippen LogP contribution >= 0.6 is 15.9 Å². The normalized spacial score (nSPS) is 24.7. The molecule has 3 rings (SSSR count). The summed E-state index contributed by atoms with van der Waals surface area (Å²) in [5, 5.41) is 9.15. The minimum Gasteiger partial charge on any atom is -0.478 e. The van der Waals surface area contributed by atoms with E-state index in [-0.39, 0.29) is 11.5 Å². The minimum atomic E-state index is -1.06. The van der Waals surface area contributed by atoms with Gasteiger partial charge in [-0.1, -0.05) is 15.9 Å². The summed E-state index contributed by atoms with van der Waals surface area (Å²) in [6.07, 6.45) is 0.735. The summed E-state index contributed by atoms with van der Waals surface area (Å²) in [4.78, 5) is 25.8. The molecule has 0 aliphatic carbocycles. The van der Waals surface area contributed by atoms with Gasteiger partial charge >= 0.3 is 5.97 Å².